The van der Waals surface area contributed by atoms with Gasteiger partial charge in [0, 0.05) is 24.9 Å². The van der Waals surface area contributed by atoms with Crippen LogP contribution in [0.25, 0.3) is 0 Å². The summed E-state index contributed by atoms with van der Waals surface area (Å²) in [7, 11) is 1.58. The highest BCUT2D eigenvalue weighted by Gasteiger charge is 2.15. The standard InChI is InChI=1S/C19H15FN2O3/c1-22-11-10-13(12-17(22)23)19(24)21-18-15(20)8-5-9-16(18)25-14-6-3-2-4-7-14/h2-12H,1H3,(H,21,24). The fourth-order valence-corrected chi connectivity index (χ4v) is 2.20. The summed E-state index contributed by atoms with van der Waals surface area (Å²) in [5, 5.41) is 2.47. The minimum Gasteiger partial charge on any atom is -0.455 e. The van der Waals surface area contributed by atoms with Crippen molar-refractivity contribution in [2.24, 2.45) is 7.05 Å². The third-order valence-corrected chi connectivity index (χ3v) is 3.55. The summed E-state index contributed by atoms with van der Waals surface area (Å²) in [6, 6.07) is 15.8. The molecule has 6 heteroatoms. The summed E-state index contributed by atoms with van der Waals surface area (Å²) in [5.74, 6) is -0.549. The second kappa shape index (κ2) is 7.00. The summed E-state index contributed by atoms with van der Waals surface area (Å²) in [6.45, 7) is 0. The molecule has 1 heterocycles. The van der Waals surface area contributed by atoms with Gasteiger partial charge < -0.3 is 14.6 Å². The molecular formula is C19H15FN2O3. The van der Waals surface area contributed by atoms with Gasteiger partial charge in [0.05, 0.1) is 0 Å². The normalized spacial score (nSPS) is 10.3. The van der Waals surface area contributed by atoms with Crippen LogP contribution < -0.4 is 15.6 Å². The van der Waals surface area contributed by atoms with E-state index in [4.69, 9.17) is 4.74 Å². The smallest absolute Gasteiger partial charge is 0.256 e. The molecule has 2 aromatic carbocycles. The van der Waals surface area contributed by atoms with Crippen LogP contribution in [0.4, 0.5) is 10.1 Å². The number of carbonyl (C=O) groups is 1. The molecule has 1 aromatic heterocycles. The van der Waals surface area contributed by atoms with Crippen LogP contribution in [0.1, 0.15) is 10.4 Å². The minimum absolute atomic E-state index is 0.0861. The van der Waals surface area contributed by atoms with E-state index in [1.54, 1.807) is 37.4 Å². The SMILES string of the molecule is Cn1ccc(C(=O)Nc2c(F)cccc2Oc2ccccc2)cc1=O. The molecule has 0 aliphatic rings. The van der Waals surface area contributed by atoms with Crippen LogP contribution in [-0.4, -0.2) is 10.5 Å². The van der Waals surface area contributed by atoms with E-state index in [-0.39, 0.29) is 22.6 Å². The number of para-hydroxylation sites is 2. The molecule has 1 amide bonds. The van der Waals surface area contributed by atoms with Crippen molar-refractivity contribution in [1.82, 2.24) is 4.57 Å². The van der Waals surface area contributed by atoms with Gasteiger partial charge in [-0.1, -0.05) is 24.3 Å². The number of hydrogen-bond donors (Lipinski definition) is 1. The Bertz CT molecular complexity index is 968. The van der Waals surface area contributed by atoms with Gasteiger partial charge in [-0.2, -0.15) is 0 Å². The van der Waals surface area contributed by atoms with Crippen LogP contribution in [0.15, 0.2) is 71.7 Å². The van der Waals surface area contributed by atoms with Crippen molar-refractivity contribution in [3.63, 3.8) is 0 Å². The van der Waals surface area contributed by atoms with Crippen molar-refractivity contribution in [3.05, 3.63) is 88.6 Å². The van der Waals surface area contributed by atoms with Gasteiger partial charge in [-0.3, -0.25) is 9.59 Å². The third-order valence-electron chi connectivity index (χ3n) is 3.55. The summed E-state index contributed by atoms with van der Waals surface area (Å²) < 4.78 is 21.2. The Morgan fingerprint density at radius 3 is 2.56 bits per heavy atom. The second-order valence-electron chi connectivity index (χ2n) is 5.35. The molecule has 5 nitrogen and oxygen atoms in total. The number of nitrogens with zero attached hydrogens (tertiary/aromatic N) is 1. The summed E-state index contributed by atoms with van der Waals surface area (Å²) >= 11 is 0. The number of ether oxygens (including phenoxy) is 1. The van der Waals surface area contributed by atoms with E-state index in [1.807, 2.05) is 6.07 Å². The molecule has 126 valence electrons. The highest BCUT2D eigenvalue weighted by Crippen LogP contribution is 2.31. The molecule has 3 rings (SSSR count). The van der Waals surface area contributed by atoms with Crippen molar-refractivity contribution in [3.8, 4) is 11.5 Å². The van der Waals surface area contributed by atoms with E-state index in [0.717, 1.165) is 0 Å². The van der Waals surface area contributed by atoms with Crippen molar-refractivity contribution >= 4 is 11.6 Å². The number of anilines is 1. The molecule has 0 spiro atoms. The monoisotopic (exact) mass is 338 g/mol. The lowest BCUT2D eigenvalue weighted by Crippen LogP contribution is -2.20. The van der Waals surface area contributed by atoms with Gasteiger partial charge in [0.15, 0.2) is 11.6 Å². The van der Waals surface area contributed by atoms with E-state index in [2.05, 4.69) is 5.32 Å². The number of benzene rings is 2. The number of hydrogen-bond acceptors (Lipinski definition) is 3. The molecule has 0 radical (unpaired) electrons. The minimum atomic E-state index is -0.634. The van der Waals surface area contributed by atoms with Gasteiger partial charge in [-0.15, -0.1) is 0 Å². The van der Waals surface area contributed by atoms with Crippen LogP contribution in [0.2, 0.25) is 0 Å². The number of halogens is 1. The van der Waals surface area contributed by atoms with Gasteiger partial charge in [0.1, 0.15) is 11.4 Å². The fourth-order valence-electron chi connectivity index (χ4n) is 2.20. The highest BCUT2D eigenvalue weighted by atomic mass is 19.1. The lowest BCUT2D eigenvalue weighted by molar-refractivity contribution is 0.102. The summed E-state index contributed by atoms with van der Waals surface area (Å²) in [5.41, 5.74) is -0.281. The van der Waals surface area contributed by atoms with E-state index in [1.165, 1.54) is 35.0 Å². The van der Waals surface area contributed by atoms with Crippen molar-refractivity contribution in [2.45, 2.75) is 0 Å². The first kappa shape index (κ1) is 16.4. The predicted molar refractivity (Wildman–Crippen MR) is 92.6 cm³/mol. The number of pyridine rings is 1. The van der Waals surface area contributed by atoms with Crippen LogP contribution in [0.5, 0.6) is 11.5 Å². The lowest BCUT2D eigenvalue weighted by atomic mass is 10.2. The lowest BCUT2D eigenvalue weighted by Gasteiger charge is -2.13. The second-order valence-corrected chi connectivity index (χ2v) is 5.35. The Labute approximate surface area is 143 Å². The zero-order valence-corrected chi connectivity index (χ0v) is 13.4. The van der Waals surface area contributed by atoms with Gasteiger partial charge in [0.25, 0.3) is 11.5 Å². The Kier molecular flexibility index (Phi) is 4.61. The maximum absolute atomic E-state index is 14.2. The highest BCUT2D eigenvalue weighted by molar-refractivity contribution is 6.05. The van der Waals surface area contributed by atoms with E-state index in [0.29, 0.717) is 5.75 Å². The molecule has 3 aromatic rings. The van der Waals surface area contributed by atoms with Gasteiger partial charge in [-0.25, -0.2) is 4.39 Å². The van der Waals surface area contributed by atoms with Crippen LogP contribution in [0, 0.1) is 5.82 Å². The number of carbonyl (C=O) groups excluding carboxylic acids is 1. The molecule has 0 unspecified atom stereocenters. The molecule has 0 saturated heterocycles. The maximum Gasteiger partial charge on any atom is 0.256 e. The predicted octanol–water partition coefficient (Wildman–Crippen LogP) is 3.57. The molecule has 1 N–H and O–H groups in total. The quantitative estimate of drug-likeness (QED) is 0.791. The van der Waals surface area contributed by atoms with E-state index >= 15 is 0 Å². The molecule has 0 saturated carbocycles. The molecule has 0 bridgehead atoms. The molecular weight excluding hydrogens is 323 g/mol. The molecule has 0 atom stereocenters. The number of rotatable bonds is 4. The first-order valence-corrected chi connectivity index (χ1v) is 7.54. The number of amides is 1. The Balaban J connectivity index is 1.90. The van der Waals surface area contributed by atoms with Crippen LogP contribution in [-0.2, 0) is 7.05 Å². The third kappa shape index (κ3) is 3.74. The topological polar surface area (TPSA) is 60.3 Å². The summed E-state index contributed by atoms with van der Waals surface area (Å²) in [6.07, 6.45) is 1.47. The van der Waals surface area contributed by atoms with Gasteiger partial charge in [-0.05, 0) is 30.3 Å². The van der Waals surface area contributed by atoms with E-state index < -0.39 is 11.7 Å². The zero-order valence-electron chi connectivity index (χ0n) is 13.4. The van der Waals surface area contributed by atoms with Gasteiger partial charge >= 0.3 is 0 Å². The first-order valence-electron chi connectivity index (χ1n) is 7.54. The zero-order chi connectivity index (χ0) is 17.8. The Hall–Kier alpha value is -3.41. The largest absolute Gasteiger partial charge is 0.455 e. The summed E-state index contributed by atoms with van der Waals surface area (Å²) in [4.78, 5) is 24.0. The number of aromatic nitrogens is 1. The molecule has 25 heavy (non-hydrogen) atoms. The average molecular weight is 338 g/mol. The van der Waals surface area contributed by atoms with Crippen molar-refractivity contribution < 1.29 is 13.9 Å². The molecule has 0 aliphatic carbocycles. The maximum atomic E-state index is 14.2. The Morgan fingerprint density at radius 1 is 1.08 bits per heavy atom. The number of aryl methyl sites for hydroxylation is 1. The van der Waals surface area contributed by atoms with Crippen LogP contribution in [0.3, 0.4) is 0 Å². The average Bonchev–Trinajstić information content (AvgIpc) is 2.61. The molecule has 0 fully saturated rings. The Morgan fingerprint density at radius 2 is 1.84 bits per heavy atom. The fraction of sp³-hybridized carbons (Fsp3) is 0.0526. The molecule has 0 aliphatic heterocycles. The van der Waals surface area contributed by atoms with Crippen molar-refractivity contribution in [1.29, 1.82) is 0 Å². The first-order chi connectivity index (χ1) is 12.0. The van der Waals surface area contributed by atoms with E-state index in [9.17, 15) is 14.0 Å². The van der Waals surface area contributed by atoms with Gasteiger partial charge in [0.2, 0.25) is 0 Å². The number of nitrogens with one attached hydrogen (secondary N) is 1. The van der Waals surface area contributed by atoms with Crippen LogP contribution >= 0.6 is 0 Å². The van der Waals surface area contributed by atoms with Crippen molar-refractivity contribution in [2.75, 3.05) is 5.32 Å².